The lowest BCUT2D eigenvalue weighted by molar-refractivity contribution is -0.148. The van der Waals surface area contributed by atoms with Crippen LogP contribution in [0.4, 0.5) is 0 Å². The minimum Gasteiger partial charge on any atom is -0.492 e. The average molecular weight is 283 g/mol. The van der Waals surface area contributed by atoms with Crippen molar-refractivity contribution in [3.05, 3.63) is 0 Å². The van der Waals surface area contributed by atoms with E-state index in [1.165, 1.54) is 4.90 Å². The van der Waals surface area contributed by atoms with Crippen LogP contribution in [0.5, 0.6) is 0 Å². The maximum atomic E-state index is 11.9. The number of Topliss-reactive ketones (excluding diaryl/α,β-unsaturated/α-hetero) is 1. The van der Waals surface area contributed by atoms with Crippen molar-refractivity contribution in [3.63, 3.8) is 0 Å². The first-order valence-electron chi connectivity index (χ1n) is 6.23. The maximum absolute atomic E-state index is 11.9. The number of rotatable bonds is 3. The molecule has 0 aromatic rings. The van der Waals surface area contributed by atoms with Crippen molar-refractivity contribution >= 4 is 30.5 Å². The van der Waals surface area contributed by atoms with Crippen molar-refractivity contribution in [3.8, 4) is 0 Å². The summed E-state index contributed by atoms with van der Waals surface area (Å²) in [6.07, 6.45) is -0.440. The van der Waals surface area contributed by atoms with Crippen molar-refractivity contribution in [2.45, 2.75) is 27.2 Å². The first-order valence-corrected chi connectivity index (χ1v) is 6.23. The number of hydrogen-bond donors (Lipinski definition) is 0. The maximum Gasteiger partial charge on any atom is 0.675 e. The van der Waals surface area contributed by atoms with Gasteiger partial charge in [-0.15, -0.1) is 0 Å². The van der Waals surface area contributed by atoms with E-state index >= 15 is 0 Å². The van der Waals surface area contributed by atoms with Gasteiger partial charge >= 0.3 is 19.1 Å². The quantitative estimate of drug-likeness (QED) is 0.515. The van der Waals surface area contributed by atoms with Crippen LogP contribution in [0.25, 0.3) is 0 Å². The Morgan fingerprint density at radius 1 is 1.15 bits per heavy atom. The highest BCUT2D eigenvalue weighted by atomic mass is 16.6. The molecule has 1 fully saturated rings. The minimum absolute atomic E-state index is 0.119. The number of likely N-dealkylation sites (N-methyl/N-ethyl adjacent to an activating group) is 1. The Labute approximate surface area is 117 Å². The molecule has 7 nitrogen and oxygen atoms in total. The molecule has 1 aliphatic heterocycles. The van der Waals surface area contributed by atoms with Gasteiger partial charge in [0.1, 0.15) is 5.78 Å². The van der Waals surface area contributed by atoms with Gasteiger partial charge in [0, 0.05) is 5.41 Å². The second-order valence-corrected chi connectivity index (χ2v) is 5.80. The van der Waals surface area contributed by atoms with Crippen LogP contribution in [0.1, 0.15) is 27.2 Å². The molecule has 110 valence electrons. The molecule has 0 unspecified atom stereocenters. The molecule has 20 heavy (non-hydrogen) atoms. The first kappa shape index (κ1) is 16.4. The topological polar surface area (TPSA) is 90.0 Å². The SMILES string of the molecule is CN1CC(=O)OB(C(=O)CC(=O)C(C)(C)C)OC(=O)C1. The van der Waals surface area contributed by atoms with E-state index in [4.69, 9.17) is 9.31 Å². The highest BCUT2D eigenvalue weighted by molar-refractivity contribution is 6.83. The highest BCUT2D eigenvalue weighted by Crippen LogP contribution is 2.17. The number of nitrogens with zero attached hydrogens (tertiary/aromatic N) is 1. The fraction of sp³-hybridized carbons (Fsp3) is 0.667. The molecule has 1 saturated heterocycles. The zero-order chi connectivity index (χ0) is 15.5. The second kappa shape index (κ2) is 6.17. The molecule has 1 rings (SSSR count). The Kier molecular flexibility index (Phi) is 5.05. The average Bonchev–Trinajstić information content (AvgIpc) is 2.24. The Morgan fingerprint density at radius 2 is 1.60 bits per heavy atom. The van der Waals surface area contributed by atoms with E-state index in [-0.39, 0.29) is 18.9 Å². The van der Waals surface area contributed by atoms with Gasteiger partial charge in [-0.2, -0.15) is 0 Å². The van der Waals surface area contributed by atoms with Crippen LogP contribution in [0.15, 0.2) is 0 Å². The molecular formula is C12H18BNO6. The number of carbonyl (C=O) groups is 4. The first-order chi connectivity index (χ1) is 9.09. The third kappa shape index (κ3) is 4.77. The molecule has 0 spiro atoms. The Hall–Kier alpha value is -1.70. The molecule has 1 aliphatic rings. The van der Waals surface area contributed by atoms with Crippen LogP contribution in [-0.4, -0.2) is 55.6 Å². The van der Waals surface area contributed by atoms with Crippen molar-refractivity contribution < 1.29 is 28.5 Å². The standard InChI is InChI=1S/C12H18BNO6/c1-12(2,3)8(15)5-9(16)13-19-10(17)6-14(4)7-11(18)20-13/h5-7H2,1-4H3. The Bertz CT molecular complexity index is 422. The fourth-order valence-corrected chi connectivity index (χ4v) is 1.47. The van der Waals surface area contributed by atoms with Gasteiger partial charge in [0.05, 0.1) is 19.5 Å². The van der Waals surface area contributed by atoms with Crippen molar-refractivity contribution in [2.75, 3.05) is 20.1 Å². The van der Waals surface area contributed by atoms with E-state index in [2.05, 4.69) is 0 Å². The molecule has 0 amide bonds. The molecule has 0 aromatic carbocycles. The number of hydrogen-bond acceptors (Lipinski definition) is 7. The van der Waals surface area contributed by atoms with Gasteiger partial charge < -0.3 is 14.1 Å². The van der Waals surface area contributed by atoms with Gasteiger partial charge in [-0.3, -0.25) is 19.3 Å². The predicted molar refractivity (Wildman–Crippen MR) is 69.5 cm³/mol. The molecule has 0 aliphatic carbocycles. The highest BCUT2D eigenvalue weighted by Gasteiger charge is 2.41. The molecular weight excluding hydrogens is 265 g/mol. The fourth-order valence-electron chi connectivity index (χ4n) is 1.47. The van der Waals surface area contributed by atoms with Crippen molar-refractivity contribution in [2.24, 2.45) is 5.41 Å². The number of ketones is 1. The summed E-state index contributed by atoms with van der Waals surface area (Å²) in [6.45, 7) is 4.79. The zero-order valence-corrected chi connectivity index (χ0v) is 12.1. The molecule has 0 N–H and O–H groups in total. The molecule has 1 heterocycles. The van der Waals surface area contributed by atoms with Gasteiger partial charge in [0.2, 0.25) is 5.68 Å². The molecule has 0 saturated carbocycles. The van der Waals surface area contributed by atoms with E-state index < -0.39 is 36.6 Å². The minimum atomic E-state index is -1.63. The predicted octanol–water partition coefficient (Wildman–Crippen LogP) is -0.380. The van der Waals surface area contributed by atoms with Crippen LogP contribution in [0.2, 0.25) is 0 Å². The summed E-state index contributed by atoms with van der Waals surface area (Å²) in [5.74, 6) is -1.67. The molecule has 0 bridgehead atoms. The van der Waals surface area contributed by atoms with Crippen LogP contribution in [0.3, 0.4) is 0 Å². The Morgan fingerprint density at radius 3 is 2.00 bits per heavy atom. The van der Waals surface area contributed by atoms with E-state index in [1.807, 2.05) is 0 Å². The summed E-state index contributed by atoms with van der Waals surface area (Å²) >= 11 is 0. The Balaban J connectivity index is 2.73. The lowest BCUT2D eigenvalue weighted by Gasteiger charge is -2.22. The van der Waals surface area contributed by atoms with Crippen LogP contribution in [-0.2, 0) is 28.5 Å². The third-order valence-electron chi connectivity index (χ3n) is 2.71. The van der Waals surface area contributed by atoms with Crippen LogP contribution in [0, 0.1) is 5.41 Å². The van der Waals surface area contributed by atoms with Crippen molar-refractivity contribution in [1.82, 2.24) is 4.90 Å². The summed E-state index contributed by atoms with van der Waals surface area (Å²) in [5.41, 5.74) is -1.41. The summed E-state index contributed by atoms with van der Waals surface area (Å²) in [6, 6.07) is 0. The zero-order valence-electron chi connectivity index (χ0n) is 12.1. The monoisotopic (exact) mass is 283 g/mol. The van der Waals surface area contributed by atoms with Gasteiger partial charge in [-0.05, 0) is 7.05 Å². The third-order valence-corrected chi connectivity index (χ3v) is 2.71. The molecule has 0 aromatic heterocycles. The smallest absolute Gasteiger partial charge is 0.492 e. The van der Waals surface area contributed by atoms with Gasteiger partial charge in [-0.25, -0.2) is 0 Å². The lowest BCUT2D eigenvalue weighted by Crippen LogP contribution is -2.47. The second-order valence-electron chi connectivity index (χ2n) is 5.80. The van der Waals surface area contributed by atoms with Crippen LogP contribution < -0.4 is 0 Å². The van der Waals surface area contributed by atoms with E-state index in [1.54, 1.807) is 27.8 Å². The summed E-state index contributed by atoms with van der Waals surface area (Å²) in [7, 11) is -0.0802. The van der Waals surface area contributed by atoms with E-state index in [0.717, 1.165) is 0 Å². The molecule has 0 atom stereocenters. The number of carbonyl (C=O) groups excluding carboxylic acids is 4. The largest absolute Gasteiger partial charge is 0.675 e. The summed E-state index contributed by atoms with van der Waals surface area (Å²) in [4.78, 5) is 48.0. The molecule has 8 heteroatoms. The van der Waals surface area contributed by atoms with Crippen molar-refractivity contribution in [1.29, 1.82) is 0 Å². The van der Waals surface area contributed by atoms with E-state index in [9.17, 15) is 19.2 Å². The van der Waals surface area contributed by atoms with Crippen LogP contribution >= 0.6 is 0 Å². The lowest BCUT2D eigenvalue weighted by atomic mass is 9.76. The van der Waals surface area contributed by atoms with Gasteiger partial charge in [0.15, 0.2) is 0 Å². The summed E-state index contributed by atoms with van der Waals surface area (Å²) in [5, 5.41) is 0. The van der Waals surface area contributed by atoms with Gasteiger partial charge in [0.25, 0.3) is 0 Å². The molecule has 0 radical (unpaired) electrons. The summed E-state index contributed by atoms with van der Waals surface area (Å²) < 4.78 is 9.56. The normalized spacial score (nSPS) is 17.9. The van der Waals surface area contributed by atoms with E-state index in [0.29, 0.717) is 0 Å². The van der Waals surface area contributed by atoms with Gasteiger partial charge in [-0.1, -0.05) is 20.8 Å².